The van der Waals surface area contributed by atoms with Gasteiger partial charge in [0.1, 0.15) is 5.84 Å². The summed E-state index contributed by atoms with van der Waals surface area (Å²) in [4.78, 5) is 21.4. The number of fused-ring (bicyclic) bond motifs is 1. The lowest BCUT2D eigenvalue weighted by atomic mass is 10.0. The van der Waals surface area contributed by atoms with Crippen molar-refractivity contribution in [3.8, 4) is 11.5 Å². The van der Waals surface area contributed by atoms with E-state index in [4.69, 9.17) is 41.6 Å². The molecule has 11 heteroatoms. The molecule has 1 aliphatic rings. The standard InChI is InChI=1S/C26H29ClN4O4S2/c1-4-35-23(32)11-9-16-14-36-22(29-16)13-21-26(31-28)30-19-10-8-15(27)12-18(19)25(37-21)17-6-5-7-20(33-2)24(17)34-3/h5-8,10,12,14,21,25H,4,9,11,13,28H2,1-3H3,(H,30,31). The van der Waals surface area contributed by atoms with Crippen molar-refractivity contribution in [2.24, 2.45) is 10.8 Å². The number of aryl methyl sites for hydroxylation is 1. The largest absolute Gasteiger partial charge is 0.493 e. The number of thioether (sulfide) groups is 1. The Kier molecular flexibility index (Phi) is 9.31. The molecule has 196 valence electrons. The van der Waals surface area contributed by atoms with Crippen LogP contribution in [0.3, 0.4) is 0 Å². The van der Waals surface area contributed by atoms with Crippen molar-refractivity contribution < 1.29 is 19.0 Å². The number of esters is 1. The number of nitrogens with one attached hydrogen (secondary N) is 1. The fraction of sp³-hybridized carbons (Fsp3) is 0.346. The summed E-state index contributed by atoms with van der Waals surface area (Å²) in [7, 11) is 3.26. The number of thiazole rings is 1. The van der Waals surface area contributed by atoms with Crippen LogP contribution in [0.2, 0.25) is 5.02 Å². The van der Waals surface area contributed by atoms with E-state index in [9.17, 15) is 4.79 Å². The van der Waals surface area contributed by atoms with Crippen LogP contribution in [-0.4, -0.2) is 42.9 Å². The number of aliphatic imine (C=N–C) groups is 1. The molecule has 3 aromatic rings. The minimum absolute atomic E-state index is 0.138. The van der Waals surface area contributed by atoms with Crippen molar-refractivity contribution in [2.75, 3.05) is 20.8 Å². The molecule has 0 radical (unpaired) electrons. The average molecular weight is 561 g/mol. The van der Waals surface area contributed by atoms with Crippen LogP contribution < -0.4 is 20.7 Å². The van der Waals surface area contributed by atoms with Crippen LogP contribution >= 0.6 is 34.7 Å². The number of carbonyl (C=O) groups excluding carboxylic acids is 1. The molecule has 2 unspecified atom stereocenters. The van der Waals surface area contributed by atoms with Gasteiger partial charge in [-0.25, -0.2) is 15.8 Å². The number of hydrazine groups is 1. The Morgan fingerprint density at radius 3 is 2.76 bits per heavy atom. The van der Waals surface area contributed by atoms with E-state index in [1.165, 1.54) is 0 Å². The number of amidine groups is 1. The summed E-state index contributed by atoms with van der Waals surface area (Å²) in [5.41, 5.74) is 6.35. The molecule has 4 rings (SSSR count). The molecule has 2 aromatic carbocycles. The molecule has 0 bridgehead atoms. The molecule has 0 spiro atoms. The van der Waals surface area contributed by atoms with Gasteiger partial charge in [-0.05, 0) is 36.8 Å². The van der Waals surface area contributed by atoms with Gasteiger partial charge in [-0.15, -0.1) is 23.1 Å². The van der Waals surface area contributed by atoms with Gasteiger partial charge in [0.05, 0.1) is 54.1 Å². The van der Waals surface area contributed by atoms with Crippen molar-refractivity contribution in [2.45, 2.75) is 36.7 Å². The maximum absolute atomic E-state index is 11.7. The second-order valence-electron chi connectivity index (χ2n) is 8.17. The quantitative estimate of drug-likeness (QED) is 0.207. The van der Waals surface area contributed by atoms with Gasteiger partial charge in [0.15, 0.2) is 11.5 Å². The second-order valence-corrected chi connectivity index (χ2v) is 10.9. The van der Waals surface area contributed by atoms with Gasteiger partial charge in [-0.1, -0.05) is 23.7 Å². The SMILES string of the molecule is CCOC(=O)CCc1csc(CC2SC(c3cccc(OC)c3OC)c3cc(Cl)ccc3N=C2NN)n1. The van der Waals surface area contributed by atoms with Crippen LogP contribution in [-0.2, 0) is 22.4 Å². The monoisotopic (exact) mass is 560 g/mol. The van der Waals surface area contributed by atoms with Crippen molar-refractivity contribution in [1.29, 1.82) is 0 Å². The summed E-state index contributed by atoms with van der Waals surface area (Å²) in [5, 5.41) is 3.23. The molecule has 2 atom stereocenters. The van der Waals surface area contributed by atoms with E-state index in [0.29, 0.717) is 48.2 Å². The predicted molar refractivity (Wildman–Crippen MR) is 149 cm³/mol. The number of methoxy groups -OCH3 is 2. The first-order chi connectivity index (χ1) is 18.0. The summed E-state index contributed by atoms with van der Waals surface area (Å²) in [6.07, 6.45) is 1.44. The smallest absolute Gasteiger partial charge is 0.306 e. The highest BCUT2D eigenvalue weighted by atomic mass is 35.5. The molecule has 0 aliphatic carbocycles. The van der Waals surface area contributed by atoms with E-state index in [0.717, 1.165) is 27.5 Å². The van der Waals surface area contributed by atoms with Gasteiger partial charge < -0.3 is 19.6 Å². The van der Waals surface area contributed by atoms with Crippen molar-refractivity contribution >= 4 is 52.2 Å². The van der Waals surface area contributed by atoms with Crippen LogP contribution in [0.5, 0.6) is 11.5 Å². The second kappa shape index (κ2) is 12.6. The highest BCUT2D eigenvalue weighted by molar-refractivity contribution is 8.01. The number of nitrogens with two attached hydrogens (primary N) is 1. The van der Waals surface area contributed by atoms with Crippen LogP contribution in [0.25, 0.3) is 0 Å². The summed E-state index contributed by atoms with van der Waals surface area (Å²) in [6, 6.07) is 11.5. The number of benzene rings is 2. The van der Waals surface area contributed by atoms with Gasteiger partial charge in [-0.3, -0.25) is 4.79 Å². The Balaban J connectivity index is 1.67. The number of ether oxygens (including phenoxy) is 3. The van der Waals surface area contributed by atoms with Gasteiger partial charge in [-0.2, -0.15) is 0 Å². The molecule has 8 nitrogen and oxygen atoms in total. The van der Waals surface area contributed by atoms with Crippen LogP contribution in [0.15, 0.2) is 46.8 Å². The Bertz CT molecular complexity index is 1280. The molecule has 3 N–H and O–H groups in total. The number of para-hydroxylation sites is 1. The van der Waals surface area contributed by atoms with E-state index in [-0.39, 0.29) is 16.5 Å². The van der Waals surface area contributed by atoms with Crippen LogP contribution in [0.1, 0.15) is 40.4 Å². The molecule has 1 aliphatic heterocycles. The maximum Gasteiger partial charge on any atom is 0.306 e. The van der Waals surface area contributed by atoms with Gasteiger partial charge in [0.25, 0.3) is 0 Å². The lowest BCUT2D eigenvalue weighted by Crippen LogP contribution is -2.38. The number of hydrogen-bond acceptors (Lipinski definition) is 10. The zero-order valence-corrected chi connectivity index (χ0v) is 23.2. The van der Waals surface area contributed by atoms with Crippen LogP contribution in [0.4, 0.5) is 5.69 Å². The predicted octanol–water partition coefficient (Wildman–Crippen LogP) is 5.25. The Labute approximate surface area is 229 Å². The van der Waals surface area contributed by atoms with E-state index in [1.54, 1.807) is 44.2 Å². The van der Waals surface area contributed by atoms with Gasteiger partial charge in [0.2, 0.25) is 0 Å². The first-order valence-electron chi connectivity index (χ1n) is 11.8. The Hall–Kier alpha value is -2.79. The number of hydrogen-bond donors (Lipinski definition) is 2. The molecule has 2 heterocycles. The molecule has 0 fully saturated rings. The summed E-state index contributed by atoms with van der Waals surface area (Å²) in [5.74, 6) is 7.70. The fourth-order valence-corrected chi connectivity index (χ4v) is 6.81. The summed E-state index contributed by atoms with van der Waals surface area (Å²) in [6.45, 7) is 2.18. The third kappa shape index (κ3) is 6.38. The first-order valence-corrected chi connectivity index (χ1v) is 14.0. The third-order valence-corrected chi connectivity index (χ3v) is 8.49. The van der Waals surface area contributed by atoms with E-state index >= 15 is 0 Å². The lowest BCUT2D eigenvalue weighted by Gasteiger charge is -2.24. The van der Waals surface area contributed by atoms with E-state index < -0.39 is 0 Å². The molecular weight excluding hydrogens is 532 g/mol. The number of aromatic nitrogens is 1. The minimum atomic E-state index is -0.218. The maximum atomic E-state index is 11.7. The summed E-state index contributed by atoms with van der Waals surface area (Å²) < 4.78 is 16.4. The molecule has 0 amide bonds. The molecular formula is C26H29ClN4O4S2. The zero-order chi connectivity index (χ0) is 26.4. The zero-order valence-electron chi connectivity index (χ0n) is 20.8. The Morgan fingerprint density at radius 1 is 1.19 bits per heavy atom. The Morgan fingerprint density at radius 2 is 2.03 bits per heavy atom. The minimum Gasteiger partial charge on any atom is -0.493 e. The van der Waals surface area contributed by atoms with Crippen molar-refractivity contribution in [1.82, 2.24) is 10.4 Å². The van der Waals surface area contributed by atoms with Crippen molar-refractivity contribution in [3.63, 3.8) is 0 Å². The average Bonchev–Trinajstić information content (AvgIpc) is 3.29. The molecule has 1 aromatic heterocycles. The van der Waals surface area contributed by atoms with Crippen molar-refractivity contribution in [3.05, 3.63) is 68.6 Å². The highest BCUT2D eigenvalue weighted by Crippen LogP contribution is 2.50. The molecule has 0 saturated carbocycles. The van der Waals surface area contributed by atoms with E-state index in [2.05, 4.69) is 5.43 Å². The lowest BCUT2D eigenvalue weighted by molar-refractivity contribution is -0.143. The van der Waals surface area contributed by atoms with Crippen LogP contribution in [0, 0.1) is 0 Å². The van der Waals surface area contributed by atoms with E-state index in [1.807, 2.05) is 41.8 Å². The van der Waals surface area contributed by atoms with Gasteiger partial charge >= 0.3 is 5.97 Å². The number of halogens is 1. The van der Waals surface area contributed by atoms with Gasteiger partial charge in [0, 0.05) is 28.8 Å². The topological polar surface area (TPSA) is 108 Å². The normalized spacial score (nSPS) is 16.8. The third-order valence-electron chi connectivity index (χ3n) is 5.83. The first kappa shape index (κ1) is 27.3. The molecule has 37 heavy (non-hydrogen) atoms. The molecule has 0 saturated heterocycles. The summed E-state index contributed by atoms with van der Waals surface area (Å²) >= 11 is 9.68. The number of rotatable bonds is 9. The highest BCUT2D eigenvalue weighted by Gasteiger charge is 2.32. The number of carbonyl (C=O) groups is 1. The number of nitrogens with zero attached hydrogens (tertiary/aromatic N) is 2. The fourth-order valence-electron chi connectivity index (χ4n) is 4.15.